The van der Waals surface area contributed by atoms with Crippen LogP contribution in [0.3, 0.4) is 0 Å². The second-order valence-electron chi connectivity index (χ2n) is 10.0. The predicted molar refractivity (Wildman–Crippen MR) is 136 cm³/mol. The van der Waals surface area contributed by atoms with E-state index < -0.39 is 0 Å². The lowest BCUT2D eigenvalue weighted by atomic mass is 9.78. The molecule has 3 aromatic rings. The van der Waals surface area contributed by atoms with Crippen LogP contribution in [0.2, 0.25) is 0 Å². The zero-order chi connectivity index (χ0) is 25.0. The molecule has 5 rings (SSSR count). The Morgan fingerprint density at radius 2 is 1.94 bits per heavy atom. The Balaban J connectivity index is 1.64. The highest BCUT2D eigenvalue weighted by atomic mass is 16.4. The zero-order valence-electron chi connectivity index (χ0n) is 21.1. The molecule has 0 radical (unpaired) electrons. The smallest absolute Gasteiger partial charge is 0.225 e. The van der Waals surface area contributed by atoms with E-state index in [-0.39, 0.29) is 29.0 Å². The van der Waals surface area contributed by atoms with Crippen molar-refractivity contribution < 1.29 is 23.5 Å². The van der Waals surface area contributed by atoms with Crippen LogP contribution in [0.4, 0.5) is 0 Å². The molecule has 0 amide bonds. The molecule has 0 spiro atoms. The van der Waals surface area contributed by atoms with Crippen molar-refractivity contribution in [3.8, 4) is 5.75 Å². The van der Waals surface area contributed by atoms with Gasteiger partial charge in [0.1, 0.15) is 5.76 Å². The number of aryl methyl sites for hydroxylation is 1. The first-order chi connectivity index (χ1) is 16.8. The van der Waals surface area contributed by atoms with Gasteiger partial charge in [-0.15, -0.1) is 0 Å². The van der Waals surface area contributed by atoms with E-state index in [2.05, 4.69) is 6.92 Å². The van der Waals surface area contributed by atoms with E-state index in [1.54, 1.807) is 13.2 Å². The van der Waals surface area contributed by atoms with Gasteiger partial charge in [-0.05, 0) is 82.4 Å². The number of carbonyl (C=O) groups is 2. The number of Topliss-reactive ketones (excluding diaryl/α,β-unsaturated/α-hetero) is 2. The minimum atomic E-state index is -0.179. The molecule has 2 aromatic heterocycles. The molecule has 0 saturated carbocycles. The number of fused-ring (bicyclic) bond motifs is 3. The van der Waals surface area contributed by atoms with Crippen LogP contribution in [-0.2, 0) is 12.8 Å². The van der Waals surface area contributed by atoms with E-state index in [9.17, 15) is 14.7 Å². The van der Waals surface area contributed by atoms with Crippen LogP contribution in [-0.4, -0.2) is 16.7 Å². The van der Waals surface area contributed by atoms with Crippen molar-refractivity contribution in [1.29, 1.82) is 0 Å². The summed E-state index contributed by atoms with van der Waals surface area (Å²) in [5.74, 6) is 1.03. The van der Waals surface area contributed by atoms with Crippen molar-refractivity contribution in [3.63, 3.8) is 0 Å². The van der Waals surface area contributed by atoms with Gasteiger partial charge in [0.05, 0.1) is 11.8 Å². The summed E-state index contributed by atoms with van der Waals surface area (Å²) < 4.78 is 12.0. The molecule has 182 valence electrons. The maximum atomic E-state index is 13.4. The summed E-state index contributed by atoms with van der Waals surface area (Å²) in [4.78, 5) is 26.7. The van der Waals surface area contributed by atoms with E-state index in [0.717, 1.165) is 52.5 Å². The summed E-state index contributed by atoms with van der Waals surface area (Å²) in [6, 6.07) is 0. The van der Waals surface area contributed by atoms with Crippen molar-refractivity contribution in [2.24, 2.45) is 0 Å². The molecule has 5 nitrogen and oxygen atoms in total. The van der Waals surface area contributed by atoms with Crippen LogP contribution >= 0.6 is 0 Å². The summed E-state index contributed by atoms with van der Waals surface area (Å²) in [6.45, 7) is 9.73. The number of hydrogen-bond donors (Lipinski definition) is 1. The molecule has 0 bridgehead atoms. The normalized spacial score (nSPS) is 18.1. The predicted octanol–water partition coefficient (Wildman–Crippen LogP) is 7.43. The van der Waals surface area contributed by atoms with Gasteiger partial charge in [0, 0.05) is 34.1 Å². The molecule has 1 atom stereocenters. The SMILES string of the molecule is CC=CCCC1=C(C)C(=O)c2c(oc(Cc3c4c(c(O)c5occ(C)c35)CCC[C@@H]4C)c2C)C1=O. The van der Waals surface area contributed by atoms with Crippen molar-refractivity contribution in [2.45, 2.75) is 79.1 Å². The van der Waals surface area contributed by atoms with Gasteiger partial charge in [-0.3, -0.25) is 9.59 Å². The van der Waals surface area contributed by atoms with E-state index in [1.807, 2.05) is 32.9 Å². The fourth-order valence-electron chi connectivity index (χ4n) is 5.99. The monoisotopic (exact) mass is 472 g/mol. The third-order valence-electron chi connectivity index (χ3n) is 7.86. The molecule has 1 N–H and O–H groups in total. The molecular formula is C30H32O5. The Labute approximate surface area is 205 Å². The topological polar surface area (TPSA) is 80.7 Å². The lowest BCUT2D eigenvalue weighted by molar-refractivity contribution is 0.0951. The Morgan fingerprint density at radius 3 is 2.69 bits per heavy atom. The third-order valence-corrected chi connectivity index (χ3v) is 7.86. The summed E-state index contributed by atoms with van der Waals surface area (Å²) in [7, 11) is 0. The standard InChI is InChI=1S/C30H32O5/c1-6-7-8-11-19-17(4)26(31)25-18(5)22(35-30(25)27(19)32)13-21-23-15(2)10-9-12-20(23)28(33)29-24(21)16(3)14-34-29/h6-7,14-15,33H,8-13H2,1-5H3/t15-/m0/s1. The van der Waals surface area contributed by atoms with Crippen LogP contribution in [0.5, 0.6) is 5.75 Å². The Morgan fingerprint density at radius 1 is 1.17 bits per heavy atom. The molecule has 2 heterocycles. The highest BCUT2D eigenvalue weighted by Gasteiger charge is 2.37. The fraction of sp³-hybridized carbons (Fsp3) is 0.400. The molecule has 1 aromatic carbocycles. The van der Waals surface area contributed by atoms with Gasteiger partial charge in [-0.25, -0.2) is 0 Å². The minimum absolute atomic E-state index is 0.117. The number of phenols is 1. The van der Waals surface area contributed by atoms with Gasteiger partial charge < -0.3 is 13.9 Å². The van der Waals surface area contributed by atoms with Crippen molar-refractivity contribution in [2.75, 3.05) is 0 Å². The number of furan rings is 2. The molecule has 0 fully saturated rings. The first-order valence-corrected chi connectivity index (χ1v) is 12.5. The number of phenolic OH excluding ortho intramolecular Hbond substituents is 1. The zero-order valence-corrected chi connectivity index (χ0v) is 21.1. The molecule has 0 unspecified atom stereocenters. The van der Waals surface area contributed by atoms with Crippen LogP contribution in [0.1, 0.15) is 107 Å². The number of benzene rings is 1. The number of allylic oxidation sites excluding steroid dienone is 4. The van der Waals surface area contributed by atoms with Crippen molar-refractivity contribution in [1.82, 2.24) is 0 Å². The van der Waals surface area contributed by atoms with Gasteiger partial charge in [0.25, 0.3) is 0 Å². The van der Waals surface area contributed by atoms with E-state index in [4.69, 9.17) is 8.83 Å². The quantitative estimate of drug-likeness (QED) is 0.391. The third kappa shape index (κ3) is 3.51. The molecule has 35 heavy (non-hydrogen) atoms. The van der Waals surface area contributed by atoms with Gasteiger partial charge in [-0.2, -0.15) is 0 Å². The average Bonchev–Trinajstić information content (AvgIpc) is 3.38. The highest BCUT2D eigenvalue weighted by molar-refractivity contribution is 6.26. The molecule has 0 saturated heterocycles. The molecule has 0 aliphatic heterocycles. The van der Waals surface area contributed by atoms with Crippen LogP contribution in [0.15, 0.2) is 38.4 Å². The lowest BCUT2D eigenvalue weighted by Crippen LogP contribution is -2.20. The Bertz CT molecular complexity index is 1440. The van der Waals surface area contributed by atoms with Gasteiger partial charge >= 0.3 is 0 Å². The molecule has 2 aliphatic rings. The van der Waals surface area contributed by atoms with Crippen molar-refractivity contribution >= 4 is 22.5 Å². The Hall–Kier alpha value is -3.34. The highest BCUT2D eigenvalue weighted by Crippen LogP contribution is 2.46. The fourth-order valence-corrected chi connectivity index (χ4v) is 5.99. The summed E-state index contributed by atoms with van der Waals surface area (Å²) >= 11 is 0. The summed E-state index contributed by atoms with van der Waals surface area (Å²) in [6.07, 6.45) is 10.2. The number of aromatic hydroxyl groups is 1. The number of ketones is 2. The van der Waals surface area contributed by atoms with Crippen molar-refractivity contribution in [3.05, 3.63) is 74.5 Å². The first-order valence-electron chi connectivity index (χ1n) is 12.5. The van der Waals surface area contributed by atoms with Gasteiger partial charge in [-0.1, -0.05) is 19.1 Å². The Kier molecular flexibility index (Phi) is 5.82. The van der Waals surface area contributed by atoms with Crippen LogP contribution in [0.25, 0.3) is 11.0 Å². The minimum Gasteiger partial charge on any atom is -0.504 e. The lowest BCUT2D eigenvalue weighted by Gasteiger charge is -2.27. The molecule has 2 aliphatic carbocycles. The molecule has 5 heteroatoms. The maximum absolute atomic E-state index is 13.4. The average molecular weight is 473 g/mol. The molecular weight excluding hydrogens is 440 g/mol. The van der Waals surface area contributed by atoms with Gasteiger partial charge in [0.15, 0.2) is 22.9 Å². The largest absolute Gasteiger partial charge is 0.504 e. The number of carbonyl (C=O) groups excluding carboxylic acids is 2. The maximum Gasteiger partial charge on any atom is 0.225 e. The van der Waals surface area contributed by atoms with E-state index in [1.165, 1.54) is 0 Å². The van der Waals surface area contributed by atoms with Gasteiger partial charge in [0.2, 0.25) is 5.78 Å². The second kappa shape index (κ2) is 8.71. The number of rotatable bonds is 5. The van der Waals surface area contributed by atoms with E-state index >= 15 is 0 Å². The van der Waals surface area contributed by atoms with Crippen LogP contribution in [0, 0.1) is 13.8 Å². The summed E-state index contributed by atoms with van der Waals surface area (Å²) in [5, 5.41) is 11.9. The van der Waals surface area contributed by atoms with E-state index in [0.29, 0.717) is 47.3 Å². The second-order valence-corrected chi connectivity index (χ2v) is 10.0. The van der Waals surface area contributed by atoms with Crippen LogP contribution < -0.4 is 0 Å². The number of hydrogen-bond acceptors (Lipinski definition) is 5. The first kappa shape index (κ1) is 23.4. The summed E-state index contributed by atoms with van der Waals surface area (Å²) in [5.41, 5.74) is 6.83.